The summed E-state index contributed by atoms with van der Waals surface area (Å²) in [5.74, 6) is 2.01. The molecule has 1 atom stereocenters. The lowest BCUT2D eigenvalue weighted by molar-refractivity contribution is 0.335. The number of hydrogen-bond acceptors (Lipinski definition) is 6. The number of benzene rings is 1. The maximum absolute atomic E-state index is 12.7. The van der Waals surface area contributed by atoms with E-state index in [1.54, 1.807) is 11.7 Å². The first-order valence-corrected chi connectivity index (χ1v) is 9.00. The first-order valence-electron chi connectivity index (χ1n) is 9.00. The minimum absolute atomic E-state index is 0.127. The van der Waals surface area contributed by atoms with Gasteiger partial charge in [-0.3, -0.25) is 14.7 Å². The van der Waals surface area contributed by atoms with E-state index < -0.39 is 6.17 Å². The SMILES string of the molecule is COc1ccccc1[C@H]1N=C(N2CCCCC2)Nc2nc(C)cc(=O)n21. The third-order valence-electron chi connectivity index (χ3n) is 4.87. The predicted molar refractivity (Wildman–Crippen MR) is 101 cm³/mol. The number of anilines is 1. The van der Waals surface area contributed by atoms with Crippen molar-refractivity contribution in [3.63, 3.8) is 0 Å². The monoisotopic (exact) mass is 353 g/mol. The molecule has 1 fully saturated rings. The van der Waals surface area contributed by atoms with Crippen LogP contribution in [0.4, 0.5) is 5.95 Å². The Morgan fingerprint density at radius 2 is 1.96 bits per heavy atom. The van der Waals surface area contributed by atoms with Gasteiger partial charge < -0.3 is 9.64 Å². The van der Waals surface area contributed by atoms with E-state index >= 15 is 0 Å². The van der Waals surface area contributed by atoms with E-state index in [-0.39, 0.29) is 5.56 Å². The molecule has 0 saturated carbocycles. The zero-order chi connectivity index (χ0) is 18.1. The first kappa shape index (κ1) is 16.6. The molecular formula is C19H23N5O2. The summed E-state index contributed by atoms with van der Waals surface area (Å²) in [4.78, 5) is 24.4. The van der Waals surface area contributed by atoms with Crippen LogP contribution in [0.25, 0.3) is 0 Å². The Balaban J connectivity index is 1.86. The average molecular weight is 353 g/mol. The minimum atomic E-state index is -0.500. The second-order valence-electron chi connectivity index (χ2n) is 6.67. The number of rotatable bonds is 2. The number of piperidine rings is 1. The number of aliphatic imine (C=N–C) groups is 1. The second-order valence-corrected chi connectivity index (χ2v) is 6.67. The number of methoxy groups -OCH3 is 1. The van der Waals surface area contributed by atoms with Gasteiger partial charge in [-0.15, -0.1) is 0 Å². The lowest BCUT2D eigenvalue weighted by Gasteiger charge is -2.34. The molecule has 2 aliphatic heterocycles. The van der Waals surface area contributed by atoms with E-state index in [2.05, 4.69) is 15.2 Å². The van der Waals surface area contributed by atoms with Crippen LogP contribution in [0.1, 0.15) is 36.7 Å². The number of nitrogens with one attached hydrogen (secondary N) is 1. The van der Waals surface area contributed by atoms with E-state index in [0.717, 1.165) is 37.5 Å². The van der Waals surface area contributed by atoms with Gasteiger partial charge in [0.05, 0.1) is 7.11 Å². The summed E-state index contributed by atoms with van der Waals surface area (Å²) >= 11 is 0. The van der Waals surface area contributed by atoms with E-state index in [4.69, 9.17) is 9.73 Å². The van der Waals surface area contributed by atoms with Crippen LogP contribution < -0.4 is 15.6 Å². The summed E-state index contributed by atoms with van der Waals surface area (Å²) < 4.78 is 7.11. The maximum atomic E-state index is 12.7. The summed E-state index contributed by atoms with van der Waals surface area (Å²) in [5, 5.41) is 3.27. The quantitative estimate of drug-likeness (QED) is 0.897. The van der Waals surface area contributed by atoms with Crippen molar-refractivity contribution in [2.24, 2.45) is 4.99 Å². The summed E-state index contributed by atoms with van der Waals surface area (Å²) in [6.07, 6.45) is 3.04. The number of hydrogen-bond donors (Lipinski definition) is 1. The van der Waals surface area contributed by atoms with Gasteiger partial charge in [-0.25, -0.2) is 9.98 Å². The molecule has 1 aromatic heterocycles. The number of likely N-dealkylation sites (tertiary alicyclic amines) is 1. The summed E-state index contributed by atoms with van der Waals surface area (Å²) in [5.41, 5.74) is 1.41. The molecule has 1 N–H and O–H groups in total. The van der Waals surface area contributed by atoms with Gasteiger partial charge in [0.1, 0.15) is 5.75 Å². The van der Waals surface area contributed by atoms with Crippen LogP contribution in [-0.4, -0.2) is 40.6 Å². The number of aromatic nitrogens is 2. The van der Waals surface area contributed by atoms with Gasteiger partial charge >= 0.3 is 0 Å². The number of fused-ring (bicyclic) bond motifs is 1. The van der Waals surface area contributed by atoms with Gasteiger partial charge in [0, 0.05) is 30.4 Å². The Hall–Kier alpha value is -2.83. The normalized spacial score (nSPS) is 19.4. The highest BCUT2D eigenvalue weighted by Crippen LogP contribution is 2.32. The van der Waals surface area contributed by atoms with Gasteiger partial charge in [-0.2, -0.15) is 0 Å². The average Bonchev–Trinajstić information content (AvgIpc) is 2.67. The Morgan fingerprint density at radius 1 is 1.19 bits per heavy atom. The zero-order valence-corrected chi connectivity index (χ0v) is 15.1. The molecule has 3 heterocycles. The molecule has 1 aromatic carbocycles. The number of nitrogens with zero attached hydrogens (tertiary/aromatic N) is 4. The maximum Gasteiger partial charge on any atom is 0.257 e. The Kier molecular flexibility index (Phi) is 4.36. The van der Waals surface area contributed by atoms with Crippen molar-refractivity contribution in [1.82, 2.24) is 14.5 Å². The van der Waals surface area contributed by atoms with Crippen molar-refractivity contribution in [1.29, 1.82) is 0 Å². The number of guanidine groups is 1. The van der Waals surface area contributed by atoms with Crippen LogP contribution in [0.2, 0.25) is 0 Å². The van der Waals surface area contributed by atoms with Crippen LogP contribution in [0, 0.1) is 6.92 Å². The second kappa shape index (κ2) is 6.82. The molecular weight excluding hydrogens is 330 g/mol. The van der Waals surface area contributed by atoms with Crippen LogP contribution in [0.3, 0.4) is 0 Å². The van der Waals surface area contributed by atoms with Crippen molar-refractivity contribution >= 4 is 11.9 Å². The van der Waals surface area contributed by atoms with E-state index in [0.29, 0.717) is 17.4 Å². The van der Waals surface area contributed by atoms with Gasteiger partial charge in [-0.1, -0.05) is 18.2 Å². The van der Waals surface area contributed by atoms with Gasteiger partial charge in [0.2, 0.25) is 11.9 Å². The van der Waals surface area contributed by atoms with Crippen LogP contribution in [0.15, 0.2) is 40.1 Å². The van der Waals surface area contributed by atoms with Gasteiger partial charge in [0.15, 0.2) is 6.17 Å². The summed E-state index contributed by atoms with van der Waals surface area (Å²) in [6.45, 7) is 3.75. The summed E-state index contributed by atoms with van der Waals surface area (Å²) in [6, 6.07) is 9.22. The fraction of sp³-hybridized carbons (Fsp3) is 0.421. The molecule has 7 heteroatoms. The highest BCUT2D eigenvalue weighted by atomic mass is 16.5. The molecule has 7 nitrogen and oxygen atoms in total. The molecule has 2 aliphatic rings. The van der Waals surface area contributed by atoms with E-state index in [9.17, 15) is 4.79 Å². The van der Waals surface area contributed by atoms with E-state index in [1.165, 1.54) is 12.5 Å². The molecule has 2 aromatic rings. The molecule has 4 rings (SSSR count). The topological polar surface area (TPSA) is 71.8 Å². The molecule has 0 aliphatic carbocycles. The first-order chi connectivity index (χ1) is 12.7. The van der Waals surface area contributed by atoms with Crippen molar-refractivity contribution in [3.05, 3.63) is 51.9 Å². The molecule has 0 radical (unpaired) electrons. The highest BCUT2D eigenvalue weighted by molar-refractivity contribution is 5.93. The summed E-state index contributed by atoms with van der Waals surface area (Å²) in [7, 11) is 1.63. The smallest absolute Gasteiger partial charge is 0.257 e. The molecule has 26 heavy (non-hydrogen) atoms. The van der Waals surface area contributed by atoms with Crippen molar-refractivity contribution in [2.45, 2.75) is 32.4 Å². The van der Waals surface area contributed by atoms with Crippen LogP contribution >= 0.6 is 0 Å². The molecule has 0 bridgehead atoms. The Bertz CT molecular complexity index is 899. The Morgan fingerprint density at radius 3 is 2.73 bits per heavy atom. The van der Waals surface area contributed by atoms with Gasteiger partial charge in [0.25, 0.3) is 5.56 Å². The van der Waals surface area contributed by atoms with Crippen LogP contribution in [-0.2, 0) is 0 Å². The zero-order valence-electron chi connectivity index (χ0n) is 15.1. The lowest BCUT2D eigenvalue weighted by atomic mass is 10.1. The highest BCUT2D eigenvalue weighted by Gasteiger charge is 2.29. The van der Waals surface area contributed by atoms with Crippen molar-refractivity contribution in [2.75, 3.05) is 25.5 Å². The molecule has 1 saturated heterocycles. The van der Waals surface area contributed by atoms with Crippen molar-refractivity contribution < 1.29 is 4.74 Å². The third-order valence-corrected chi connectivity index (χ3v) is 4.87. The predicted octanol–water partition coefficient (Wildman–Crippen LogP) is 2.37. The fourth-order valence-corrected chi connectivity index (χ4v) is 3.59. The largest absolute Gasteiger partial charge is 0.496 e. The molecule has 0 amide bonds. The molecule has 0 unspecified atom stereocenters. The van der Waals surface area contributed by atoms with Crippen molar-refractivity contribution in [3.8, 4) is 5.75 Å². The molecule has 0 spiro atoms. The third kappa shape index (κ3) is 2.94. The fourth-order valence-electron chi connectivity index (χ4n) is 3.59. The lowest BCUT2D eigenvalue weighted by Crippen LogP contribution is -2.45. The van der Waals surface area contributed by atoms with Crippen LogP contribution in [0.5, 0.6) is 5.75 Å². The standard InChI is InChI=1S/C19H23N5O2/c1-13-12-16(25)24-17(14-8-4-5-9-15(14)26-2)21-18(22-19(24)20-13)23-10-6-3-7-11-23/h4-5,8-9,12,17H,3,6-7,10-11H2,1-2H3,(H,20,21,22)/t17-/m0/s1. The molecule has 136 valence electrons. The van der Waals surface area contributed by atoms with Gasteiger partial charge in [-0.05, 0) is 32.3 Å². The minimum Gasteiger partial charge on any atom is -0.496 e. The van der Waals surface area contributed by atoms with E-state index in [1.807, 2.05) is 31.2 Å². The number of aryl methyl sites for hydroxylation is 1. The number of ether oxygens (including phenoxy) is 1. The number of para-hydroxylation sites is 1. The Labute approximate surface area is 152 Å².